The molecule has 1 aromatic rings. The molecule has 1 aliphatic rings. The number of benzene rings is 1. The fraction of sp³-hybridized carbons (Fsp3) is 0.579. The molecule has 1 heterocycles. The van der Waals surface area contributed by atoms with Gasteiger partial charge in [0.15, 0.2) is 0 Å². The van der Waals surface area contributed by atoms with Gasteiger partial charge in [-0.1, -0.05) is 20.3 Å². The fourth-order valence-electron chi connectivity index (χ4n) is 2.86. The van der Waals surface area contributed by atoms with E-state index in [9.17, 15) is 9.59 Å². The molecule has 1 aliphatic heterocycles. The third kappa shape index (κ3) is 5.74. The monoisotopic (exact) mass is 347 g/mol. The number of amides is 2. The Hall–Kier alpha value is -2.08. The van der Waals surface area contributed by atoms with E-state index in [1.54, 1.807) is 24.3 Å². The Labute approximate surface area is 149 Å². The van der Waals surface area contributed by atoms with Crippen LogP contribution in [0.4, 0.5) is 0 Å². The molecule has 0 spiro atoms. The van der Waals surface area contributed by atoms with Crippen molar-refractivity contribution in [2.75, 3.05) is 19.7 Å². The maximum absolute atomic E-state index is 12.6. The molecule has 6 nitrogen and oxygen atoms in total. The van der Waals surface area contributed by atoms with E-state index in [-0.39, 0.29) is 17.7 Å². The predicted octanol–water partition coefficient (Wildman–Crippen LogP) is 2.36. The Bertz CT molecular complexity index is 566. The van der Waals surface area contributed by atoms with Gasteiger partial charge in [0.1, 0.15) is 11.8 Å². The molecular weight excluding hydrogens is 318 g/mol. The molecule has 2 N–H and O–H groups in total. The maximum atomic E-state index is 12.6. The molecule has 0 radical (unpaired) electrons. The summed E-state index contributed by atoms with van der Waals surface area (Å²) in [6, 6.07) is 6.37. The molecule has 2 amide bonds. The van der Waals surface area contributed by atoms with Crippen LogP contribution in [-0.4, -0.2) is 42.6 Å². The molecule has 0 bridgehead atoms. The van der Waals surface area contributed by atoms with Crippen LogP contribution in [0.25, 0.3) is 0 Å². The summed E-state index contributed by atoms with van der Waals surface area (Å²) in [4.78, 5) is 25.1. The van der Waals surface area contributed by atoms with Crippen LogP contribution in [0.15, 0.2) is 24.3 Å². The minimum absolute atomic E-state index is 0.00330. The first-order valence-corrected chi connectivity index (χ1v) is 9.10. The quantitative estimate of drug-likeness (QED) is 0.794. The molecule has 0 aromatic heterocycles. The highest BCUT2D eigenvalue weighted by Crippen LogP contribution is 2.13. The standard InChI is InChI=1S/C19H29N3O3/c1-4-25-16-10-8-15(9-11-16)18(23)20-17(14(2)3)19(24)21-22-12-6-5-7-13-22/h8-11,14,17H,4-7,12-13H2,1-3H3,(H,20,23)(H,21,24)/t17-/m0/s1. The van der Waals surface area contributed by atoms with Gasteiger partial charge in [-0.2, -0.15) is 0 Å². The molecule has 1 atom stereocenters. The zero-order chi connectivity index (χ0) is 18.2. The van der Waals surface area contributed by atoms with Crippen LogP contribution in [0.2, 0.25) is 0 Å². The molecule has 1 aromatic carbocycles. The van der Waals surface area contributed by atoms with Crippen molar-refractivity contribution in [2.24, 2.45) is 5.92 Å². The molecule has 0 unspecified atom stereocenters. The van der Waals surface area contributed by atoms with Crippen LogP contribution in [0, 0.1) is 5.92 Å². The summed E-state index contributed by atoms with van der Waals surface area (Å²) in [5, 5.41) is 4.80. The molecule has 1 saturated heterocycles. The molecule has 0 saturated carbocycles. The van der Waals surface area contributed by atoms with Crippen molar-refractivity contribution < 1.29 is 14.3 Å². The Morgan fingerprint density at radius 3 is 2.32 bits per heavy atom. The molecule has 2 rings (SSSR count). The van der Waals surface area contributed by atoms with Crippen LogP contribution >= 0.6 is 0 Å². The Balaban J connectivity index is 1.97. The number of hydrazine groups is 1. The van der Waals surface area contributed by atoms with Gasteiger partial charge in [0.2, 0.25) is 0 Å². The second kappa shape index (κ2) is 9.42. The minimum Gasteiger partial charge on any atom is -0.494 e. The highest BCUT2D eigenvalue weighted by molar-refractivity contribution is 5.97. The van der Waals surface area contributed by atoms with Gasteiger partial charge >= 0.3 is 0 Å². The van der Waals surface area contributed by atoms with E-state index in [2.05, 4.69) is 10.7 Å². The number of hydrogen-bond donors (Lipinski definition) is 2. The van der Waals surface area contributed by atoms with Crippen LogP contribution < -0.4 is 15.5 Å². The van der Waals surface area contributed by atoms with Crippen LogP contribution in [0.3, 0.4) is 0 Å². The first kappa shape index (κ1) is 19.2. The van der Waals surface area contributed by atoms with E-state index in [0.717, 1.165) is 31.7 Å². The number of piperidine rings is 1. The zero-order valence-electron chi connectivity index (χ0n) is 15.4. The van der Waals surface area contributed by atoms with Gasteiger partial charge in [-0.05, 0) is 49.9 Å². The van der Waals surface area contributed by atoms with E-state index < -0.39 is 6.04 Å². The number of nitrogens with zero attached hydrogens (tertiary/aromatic N) is 1. The highest BCUT2D eigenvalue weighted by atomic mass is 16.5. The lowest BCUT2D eigenvalue weighted by molar-refractivity contribution is -0.129. The Morgan fingerprint density at radius 2 is 1.76 bits per heavy atom. The van der Waals surface area contributed by atoms with E-state index in [4.69, 9.17) is 4.74 Å². The summed E-state index contributed by atoms with van der Waals surface area (Å²) >= 11 is 0. The van der Waals surface area contributed by atoms with Gasteiger partial charge in [-0.15, -0.1) is 0 Å². The van der Waals surface area contributed by atoms with Gasteiger partial charge < -0.3 is 10.1 Å². The lowest BCUT2D eigenvalue weighted by Gasteiger charge is -2.30. The van der Waals surface area contributed by atoms with Crippen molar-refractivity contribution in [3.63, 3.8) is 0 Å². The predicted molar refractivity (Wildman–Crippen MR) is 97.3 cm³/mol. The molecule has 1 fully saturated rings. The number of carbonyl (C=O) groups excluding carboxylic acids is 2. The third-order valence-electron chi connectivity index (χ3n) is 4.29. The second-order valence-corrected chi connectivity index (χ2v) is 6.68. The summed E-state index contributed by atoms with van der Waals surface area (Å²) in [7, 11) is 0. The average Bonchev–Trinajstić information content (AvgIpc) is 2.61. The SMILES string of the molecule is CCOc1ccc(C(=O)N[C@H](C(=O)NN2CCCCC2)C(C)C)cc1. The molecular formula is C19H29N3O3. The van der Waals surface area contributed by atoms with Crippen molar-refractivity contribution >= 4 is 11.8 Å². The van der Waals surface area contributed by atoms with E-state index in [0.29, 0.717) is 12.2 Å². The summed E-state index contributed by atoms with van der Waals surface area (Å²) in [5.41, 5.74) is 3.46. The third-order valence-corrected chi connectivity index (χ3v) is 4.29. The second-order valence-electron chi connectivity index (χ2n) is 6.68. The van der Waals surface area contributed by atoms with Gasteiger partial charge in [0, 0.05) is 18.7 Å². The van der Waals surface area contributed by atoms with E-state index in [1.165, 1.54) is 6.42 Å². The molecule has 6 heteroatoms. The first-order valence-electron chi connectivity index (χ1n) is 9.10. The zero-order valence-corrected chi connectivity index (χ0v) is 15.4. The van der Waals surface area contributed by atoms with Crippen molar-refractivity contribution in [1.29, 1.82) is 0 Å². The average molecular weight is 347 g/mol. The number of carbonyl (C=O) groups is 2. The topological polar surface area (TPSA) is 70.7 Å². The number of rotatable bonds is 7. The van der Waals surface area contributed by atoms with Crippen molar-refractivity contribution in [3.8, 4) is 5.75 Å². The van der Waals surface area contributed by atoms with Crippen LogP contribution in [0.1, 0.15) is 50.4 Å². The van der Waals surface area contributed by atoms with Crippen LogP contribution in [0.5, 0.6) is 5.75 Å². The lowest BCUT2D eigenvalue weighted by Crippen LogP contribution is -2.55. The van der Waals surface area contributed by atoms with Gasteiger partial charge in [-0.25, -0.2) is 5.01 Å². The minimum atomic E-state index is -0.569. The van der Waals surface area contributed by atoms with Crippen LogP contribution in [-0.2, 0) is 4.79 Å². The van der Waals surface area contributed by atoms with Gasteiger partial charge in [-0.3, -0.25) is 15.0 Å². The summed E-state index contributed by atoms with van der Waals surface area (Å²) in [5.74, 6) is 0.311. The number of hydrogen-bond acceptors (Lipinski definition) is 4. The number of nitrogens with one attached hydrogen (secondary N) is 2. The normalized spacial score (nSPS) is 16.3. The van der Waals surface area contributed by atoms with Crippen molar-refractivity contribution in [3.05, 3.63) is 29.8 Å². The Kier molecular flexibility index (Phi) is 7.25. The number of ether oxygens (including phenoxy) is 1. The van der Waals surface area contributed by atoms with E-state index >= 15 is 0 Å². The van der Waals surface area contributed by atoms with E-state index in [1.807, 2.05) is 25.8 Å². The largest absolute Gasteiger partial charge is 0.494 e. The van der Waals surface area contributed by atoms with Crippen molar-refractivity contribution in [2.45, 2.75) is 46.1 Å². The maximum Gasteiger partial charge on any atom is 0.257 e. The first-order chi connectivity index (χ1) is 12.0. The molecule has 0 aliphatic carbocycles. The summed E-state index contributed by atoms with van der Waals surface area (Å²) in [6.07, 6.45) is 3.38. The van der Waals surface area contributed by atoms with Crippen molar-refractivity contribution in [1.82, 2.24) is 15.8 Å². The Morgan fingerprint density at radius 1 is 1.12 bits per heavy atom. The smallest absolute Gasteiger partial charge is 0.257 e. The van der Waals surface area contributed by atoms with Gasteiger partial charge in [0.25, 0.3) is 11.8 Å². The molecule has 25 heavy (non-hydrogen) atoms. The molecule has 138 valence electrons. The van der Waals surface area contributed by atoms with Gasteiger partial charge in [0.05, 0.1) is 6.61 Å². The lowest BCUT2D eigenvalue weighted by atomic mass is 10.0. The fourth-order valence-corrected chi connectivity index (χ4v) is 2.86. The summed E-state index contributed by atoms with van der Waals surface area (Å²) in [6.45, 7) is 8.08. The summed E-state index contributed by atoms with van der Waals surface area (Å²) < 4.78 is 5.38. The highest BCUT2D eigenvalue weighted by Gasteiger charge is 2.26.